The first kappa shape index (κ1) is 21.5. The number of rotatable bonds is 7. The van der Waals surface area contributed by atoms with E-state index in [1.54, 1.807) is 24.6 Å². The van der Waals surface area contributed by atoms with Gasteiger partial charge in [0.15, 0.2) is 15.5 Å². The van der Waals surface area contributed by atoms with E-state index in [4.69, 9.17) is 10.5 Å². The Bertz CT molecular complexity index is 1380. The number of allylic oxidation sites excluding steroid dienone is 2. The summed E-state index contributed by atoms with van der Waals surface area (Å²) in [5, 5.41) is 5.29. The molecule has 8 nitrogen and oxygen atoms in total. The van der Waals surface area contributed by atoms with E-state index >= 15 is 0 Å². The Hall–Kier alpha value is -3.72. The lowest BCUT2D eigenvalue weighted by atomic mass is 10.1. The quantitative estimate of drug-likeness (QED) is 0.450. The summed E-state index contributed by atoms with van der Waals surface area (Å²) in [4.78, 5) is 8.73. The summed E-state index contributed by atoms with van der Waals surface area (Å²) in [5.41, 5.74) is 8.12. The van der Waals surface area contributed by atoms with Crippen molar-refractivity contribution in [3.63, 3.8) is 0 Å². The second-order valence-corrected chi connectivity index (χ2v) is 9.60. The molecule has 0 spiro atoms. The van der Waals surface area contributed by atoms with E-state index in [1.165, 1.54) is 6.33 Å². The van der Waals surface area contributed by atoms with Gasteiger partial charge in [-0.3, -0.25) is 0 Å². The van der Waals surface area contributed by atoms with Crippen LogP contribution in [0.2, 0.25) is 0 Å². The molecule has 0 saturated carbocycles. The second kappa shape index (κ2) is 8.80. The lowest BCUT2D eigenvalue weighted by Crippen LogP contribution is -2.06. The smallest absolute Gasteiger partial charge is 0.173 e. The molecule has 0 aliphatic carbocycles. The zero-order valence-electron chi connectivity index (χ0n) is 17.8. The van der Waals surface area contributed by atoms with Crippen LogP contribution in [0.4, 0.5) is 5.82 Å². The van der Waals surface area contributed by atoms with Crippen LogP contribution in [-0.4, -0.2) is 33.9 Å². The van der Waals surface area contributed by atoms with Gasteiger partial charge in [-0.15, -0.1) is 0 Å². The Labute approximate surface area is 186 Å². The Kier molecular flexibility index (Phi) is 5.91. The summed E-state index contributed by atoms with van der Waals surface area (Å²) in [7, 11) is -3.26. The van der Waals surface area contributed by atoms with E-state index in [9.17, 15) is 8.42 Å². The predicted molar refractivity (Wildman–Crippen MR) is 125 cm³/mol. The van der Waals surface area contributed by atoms with Crippen molar-refractivity contribution in [3.8, 4) is 22.8 Å². The van der Waals surface area contributed by atoms with Crippen LogP contribution < -0.4 is 10.5 Å². The Morgan fingerprint density at radius 3 is 2.44 bits per heavy atom. The number of nitrogens with two attached hydrogens (primary N) is 1. The molecular weight excluding hydrogens is 426 g/mol. The SMILES string of the molecule is CCS(=O)(=O)/C(C)=C/Cn1nc(-c2ccc(Oc3ccccc3)cc2)c2c(N)ncnc21. The lowest BCUT2D eigenvalue weighted by Gasteiger charge is -2.06. The number of fused-ring (bicyclic) bond motifs is 1. The highest BCUT2D eigenvalue weighted by molar-refractivity contribution is 7.95. The van der Waals surface area contributed by atoms with E-state index in [-0.39, 0.29) is 12.3 Å². The number of anilines is 1. The number of hydrogen-bond acceptors (Lipinski definition) is 7. The van der Waals surface area contributed by atoms with Gasteiger partial charge in [-0.2, -0.15) is 5.10 Å². The van der Waals surface area contributed by atoms with Gasteiger partial charge in [-0.05, 0) is 49.4 Å². The van der Waals surface area contributed by atoms with Crippen molar-refractivity contribution < 1.29 is 13.2 Å². The molecule has 0 radical (unpaired) electrons. The molecule has 2 aromatic heterocycles. The minimum atomic E-state index is -3.26. The maximum absolute atomic E-state index is 12.1. The average molecular weight is 450 g/mol. The molecule has 2 heterocycles. The normalized spacial score (nSPS) is 12.2. The molecule has 0 aliphatic heterocycles. The minimum absolute atomic E-state index is 0.0486. The molecule has 0 saturated heterocycles. The van der Waals surface area contributed by atoms with E-state index in [0.29, 0.717) is 33.2 Å². The highest BCUT2D eigenvalue weighted by atomic mass is 32.2. The molecule has 0 unspecified atom stereocenters. The van der Waals surface area contributed by atoms with Crippen molar-refractivity contribution in [2.24, 2.45) is 0 Å². The molecule has 0 amide bonds. The van der Waals surface area contributed by atoms with E-state index in [1.807, 2.05) is 54.6 Å². The van der Waals surface area contributed by atoms with Gasteiger partial charge >= 0.3 is 0 Å². The number of benzene rings is 2. The molecule has 4 aromatic rings. The summed E-state index contributed by atoms with van der Waals surface area (Å²) >= 11 is 0. The van der Waals surface area contributed by atoms with E-state index in [2.05, 4.69) is 15.1 Å². The van der Waals surface area contributed by atoms with Crippen molar-refractivity contribution in [3.05, 3.63) is 71.9 Å². The van der Waals surface area contributed by atoms with Gasteiger partial charge < -0.3 is 10.5 Å². The van der Waals surface area contributed by atoms with Crippen LogP contribution >= 0.6 is 0 Å². The van der Waals surface area contributed by atoms with Gasteiger partial charge in [0, 0.05) is 10.5 Å². The number of para-hydroxylation sites is 1. The van der Waals surface area contributed by atoms with E-state index in [0.717, 1.165) is 11.3 Å². The minimum Gasteiger partial charge on any atom is -0.457 e. The fourth-order valence-corrected chi connectivity index (χ4v) is 4.02. The van der Waals surface area contributed by atoms with Crippen molar-refractivity contribution in [1.29, 1.82) is 0 Å². The van der Waals surface area contributed by atoms with Crippen LogP contribution in [-0.2, 0) is 16.4 Å². The van der Waals surface area contributed by atoms with Crippen LogP contribution in [0.3, 0.4) is 0 Å². The van der Waals surface area contributed by atoms with Gasteiger partial charge in [0.1, 0.15) is 29.3 Å². The van der Waals surface area contributed by atoms with Gasteiger partial charge in [0.2, 0.25) is 0 Å². The molecule has 164 valence electrons. The van der Waals surface area contributed by atoms with Crippen LogP contribution in [0, 0.1) is 0 Å². The fraction of sp³-hybridized carbons (Fsp3) is 0.174. The van der Waals surface area contributed by atoms with Gasteiger partial charge in [0.25, 0.3) is 0 Å². The monoisotopic (exact) mass is 449 g/mol. The predicted octanol–water partition coefficient (Wildman–Crippen LogP) is 4.21. The number of nitrogen functional groups attached to an aromatic ring is 1. The molecule has 0 fully saturated rings. The molecule has 32 heavy (non-hydrogen) atoms. The number of hydrogen-bond donors (Lipinski definition) is 1. The summed E-state index contributed by atoms with van der Waals surface area (Å²) in [6.07, 6.45) is 3.00. The van der Waals surface area contributed by atoms with E-state index < -0.39 is 9.84 Å². The van der Waals surface area contributed by atoms with Crippen LogP contribution in [0.15, 0.2) is 71.9 Å². The molecule has 2 N–H and O–H groups in total. The number of ether oxygens (including phenoxy) is 1. The molecule has 0 atom stereocenters. The zero-order chi connectivity index (χ0) is 22.7. The van der Waals surface area contributed by atoms with Crippen molar-refractivity contribution in [2.45, 2.75) is 20.4 Å². The van der Waals surface area contributed by atoms with Crippen LogP contribution in [0.5, 0.6) is 11.5 Å². The highest BCUT2D eigenvalue weighted by Crippen LogP contribution is 2.32. The first-order valence-electron chi connectivity index (χ1n) is 10.1. The summed E-state index contributed by atoms with van der Waals surface area (Å²) in [6, 6.07) is 17.0. The molecule has 2 aromatic carbocycles. The summed E-state index contributed by atoms with van der Waals surface area (Å²) < 4.78 is 31.6. The molecular formula is C23H23N5O3S. The van der Waals surface area contributed by atoms with Crippen LogP contribution in [0.1, 0.15) is 13.8 Å². The van der Waals surface area contributed by atoms with Gasteiger partial charge in [-0.1, -0.05) is 25.1 Å². The zero-order valence-corrected chi connectivity index (χ0v) is 18.6. The standard InChI is InChI=1S/C23H23N5O3S/c1-3-32(29,30)16(2)13-14-28-23-20(22(24)25-15-26-23)21(27-28)17-9-11-19(12-10-17)31-18-7-5-4-6-8-18/h4-13,15H,3,14H2,1-2H3,(H2,24,25,26)/b16-13+. The fourth-order valence-electron chi connectivity index (χ4n) is 3.23. The third-order valence-corrected chi connectivity index (χ3v) is 7.00. The van der Waals surface area contributed by atoms with Crippen molar-refractivity contribution >= 4 is 26.7 Å². The summed E-state index contributed by atoms with van der Waals surface area (Å²) in [5.74, 6) is 1.79. The summed E-state index contributed by atoms with van der Waals surface area (Å²) in [6.45, 7) is 3.45. The molecule has 0 bridgehead atoms. The maximum Gasteiger partial charge on any atom is 0.173 e. The van der Waals surface area contributed by atoms with Gasteiger partial charge in [0.05, 0.1) is 17.7 Å². The van der Waals surface area contributed by atoms with Crippen molar-refractivity contribution in [2.75, 3.05) is 11.5 Å². The van der Waals surface area contributed by atoms with Gasteiger partial charge in [-0.25, -0.2) is 23.1 Å². The first-order valence-corrected chi connectivity index (χ1v) is 11.7. The molecule has 9 heteroatoms. The molecule has 4 rings (SSSR count). The molecule has 0 aliphatic rings. The average Bonchev–Trinajstić information content (AvgIpc) is 3.18. The topological polar surface area (TPSA) is 113 Å². The van der Waals surface area contributed by atoms with Crippen LogP contribution in [0.25, 0.3) is 22.3 Å². The maximum atomic E-state index is 12.1. The third-order valence-electron chi connectivity index (χ3n) is 5.09. The lowest BCUT2D eigenvalue weighted by molar-refractivity contribution is 0.483. The Balaban J connectivity index is 1.69. The van der Waals surface area contributed by atoms with Crippen molar-refractivity contribution in [1.82, 2.24) is 19.7 Å². The first-order chi connectivity index (χ1) is 15.4. The Morgan fingerprint density at radius 1 is 1.06 bits per heavy atom. The largest absolute Gasteiger partial charge is 0.457 e. The third kappa shape index (κ3) is 4.33. The highest BCUT2D eigenvalue weighted by Gasteiger charge is 2.17. The Morgan fingerprint density at radius 2 is 1.75 bits per heavy atom. The number of aromatic nitrogens is 4. The second-order valence-electron chi connectivity index (χ2n) is 7.15. The number of nitrogens with zero attached hydrogens (tertiary/aromatic N) is 4. The number of sulfone groups is 1.